The maximum atomic E-state index is 12.9. The van der Waals surface area contributed by atoms with Crippen LogP contribution in [-0.2, 0) is 6.18 Å². The minimum Gasteiger partial charge on any atom is -0.371 e. The van der Waals surface area contributed by atoms with E-state index in [-0.39, 0.29) is 5.56 Å². The molecule has 8 heteroatoms. The van der Waals surface area contributed by atoms with Crippen LogP contribution < -0.4 is 10.5 Å². The number of benzene rings is 1. The first kappa shape index (κ1) is 21.7. The SMILES string of the molecule is CCN1CCC2C(C1)c1ccc(-n3ccc(-c4ccc(C(F)(F)F)cn4)cc3=O)cc1N2C. The van der Waals surface area contributed by atoms with E-state index in [1.165, 1.54) is 17.7 Å². The molecule has 2 unspecified atom stereocenters. The second-order valence-electron chi connectivity index (χ2n) is 8.76. The first-order valence-electron chi connectivity index (χ1n) is 11.1. The van der Waals surface area contributed by atoms with Gasteiger partial charge in [0.05, 0.1) is 16.9 Å². The van der Waals surface area contributed by atoms with E-state index in [4.69, 9.17) is 0 Å². The molecule has 0 radical (unpaired) electrons. The quantitative estimate of drug-likeness (QED) is 0.583. The lowest BCUT2D eigenvalue weighted by molar-refractivity contribution is -0.137. The zero-order valence-corrected chi connectivity index (χ0v) is 18.5. The van der Waals surface area contributed by atoms with Crippen molar-refractivity contribution in [2.75, 3.05) is 31.6 Å². The molecule has 2 aliphatic heterocycles. The van der Waals surface area contributed by atoms with Crippen molar-refractivity contribution in [3.63, 3.8) is 0 Å². The molecule has 0 amide bonds. The van der Waals surface area contributed by atoms with Crippen molar-refractivity contribution in [2.24, 2.45) is 0 Å². The zero-order chi connectivity index (χ0) is 23.3. The van der Waals surface area contributed by atoms with E-state index in [1.807, 2.05) is 6.07 Å². The molecule has 33 heavy (non-hydrogen) atoms. The molecule has 0 aliphatic carbocycles. The molecule has 5 nitrogen and oxygen atoms in total. The maximum Gasteiger partial charge on any atom is 0.417 e. The number of pyridine rings is 2. The van der Waals surface area contributed by atoms with Crippen molar-refractivity contribution in [2.45, 2.75) is 31.5 Å². The lowest BCUT2D eigenvalue weighted by Gasteiger charge is -2.37. The number of fused-ring (bicyclic) bond motifs is 3. The summed E-state index contributed by atoms with van der Waals surface area (Å²) in [5.74, 6) is 0.470. The van der Waals surface area contributed by atoms with Gasteiger partial charge in [-0.3, -0.25) is 14.3 Å². The van der Waals surface area contributed by atoms with E-state index in [0.717, 1.165) is 49.7 Å². The number of anilines is 1. The summed E-state index contributed by atoms with van der Waals surface area (Å²) in [5.41, 5.74) is 2.97. The molecule has 1 fully saturated rings. The Labute approximate surface area is 190 Å². The molecule has 1 aromatic carbocycles. The highest BCUT2D eigenvalue weighted by atomic mass is 19.4. The fourth-order valence-corrected chi connectivity index (χ4v) is 5.13. The van der Waals surface area contributed by atoms with Crippen molar-refractivity contribution in [3.8, 4) is 16.9 Å². The molecule has 1 saturated heterocycles. The predicted octanol–water partition coefficient (Wildman–Crippen LogP) is 4.55. The van der Waals surface area contributed by atoms with Crippen LogP contribution in [0.1, 0.15) is 30.4 Å². The van der Waals surface area contributed by atoms with E-state index < -0.39 is 11.7 Å². The highest BCUT2D eigenvalue weighted by Gasteiger charge is 2.40. The summed E-state index contributed by atoms with van der Waals surface area (Å²) in [6, 6.07) is 12.0. The van der Waals surface area contributed by atoms with Crippen LogP contribution in [0.25, 0.3) is 16.9 Å². The number of hydrogen-bond donors (Lipinski definition) is 0. The molecule has 0 spiro atoms. The Morgan fingerprint density at radius 3 is 2.61 bits per heavy atom. The Balaban J connectivity index is 1.44. The van der Waals surface area contributed by atoms with Gasteiger partial charge in [-0.25, -0.2) is 0 Å². The van der Waals surface area contributed by atoms with Crippen LogP contribution in [0.2, 0.25) is 0 Å². The van der Waals surface area contributed by atoms with Crippen LogP contribution in [0, 0.1) is 0 Å². The molecule has 0 N–H and O–H groups in total. The summed E-state index contributed by atoms with van der Waals surface area (Å²) in [7, 11) is 2.12. The minimum absolute atomic E-state index is 0.260. The predicted molar refractivity (Wildman–Crippen MR) is 122 cm³/mol. The average Bonchev–Trinajstić information content (AvgIpc) is 3.09. The smallest absolute Gasteiger partial charge is 0.371 e. The molecule has 5 rings (SSSR count). The van der Waals surface area contributed by atoms with Crippen LogP contribution in [0.15, 0.2) is 59.7 Å². The number of alkyl halides is 3. The standard InChI is InChI=1S/C25H25F3N4O/c1-3-31-10-9-22-20(15-31)19-6-5-18(13-23(19)30(22)2)32-11-8-16(12-24(32)33)21-7-4-17(14-29-21)25(26,27)28/h4-8,11-14,20,22H,3,9-10,15H2,1-2H3. The number of halogens is 3. The maximum absolute atomic E-state index is 12.9. The third-order valence-electron chi connectivity index (χ3n) is 6.98. The van der Waals surface area contributed by atoms with Crippen molar-refractivity contribution >= 4 is 5.69 Å². The van der Waals surface area contributed by atoms with E-state index in [0.29, 0.717) is 23.2 Å². The summed E-state index contributed by atoms with van der Waals surface area (Å²) in [6.07, 6.45) is -0.883. The highest BCUT2D eigenvalue weighted by Crippen LogP contribution is 2.44. The van der Waals surface area contributed by atoms with Crippen LogP contribution in [0.3, 0.4) is 0 Å². The molecule has 0 saturated carbocycles. The zero-order valence-electron chi connectivity index (χ0n) is 18.5. The van der Waals surface area contributed by atoms with Gasteiger partial charge in [0.25, 0.3) is 5.56 Å². The summed E-state index contributed by atoms with van der Waals surface area (Å²) in [4.78, 5) is 21.6. The van der Waals surface area contributed by atoms with E-state index in [9.17, 15) is 18.0 Å². The summed E-state index contributed by atoms with van der Waals surface area (Å²) >= 11 is 0. The van der Waals surface area contributed by atoms with Gasteiger partial charge in [0.2, 0.25) is 0 Å². The fourth-order valence-electron chi connectivity index (χ4n) is 5.13. The lowest BCUT2D eigenvalue weighted by Crippen LogP contribution is -2.44. The van der Waals surface area contributed by atoms with Crippen LogP contribution >= 0.6 is 0 Å². The van der Waals surface area contributed by atoms with Gasteiger partial charge in [0, 0.05) is 61.8 Å². The Bertz CT molecular complexity index is 1240. The first-order valence-corrected chi connectivity index (χ1v) is 11.1. The number of likely N-dealkylation sites (N-methyl/N-ethyl adjacent to an activating group) is 2. The molecule has 2 atom stereocenters. The number of hydrogen-bond acceptors (Lipinski definition) is 4. The highest BCUT2D eigenvalue weighted by molar-refractivity contribution is 5.66. The lowest BCUT2D eigenvalue weighted by atomic mass is 9.89. The molecule has 2 aromatic heterocycles. The summed E-state index contributed by atoms with van der Waals surface area (Å²) in [6.45, 7) is 5.39. The molecule has 172 valence electrons. The molecule has 0 bridgehead atoms. The third-order valence-corrected chi connectivity index (χ3v) is 6.98. The molecular weight excluding hydrogens is 429 g/mol. The Kier molecular flexibility index (Phi) is 5.28. The van der Waals surface area contributed by atoms with Gasteiger partial charge < -0.3 is 9.80 Å². The summed E-state index contributed by atoms with van der Waals surface area (Å²) < 4.78 is 39.9. The normalized spacial score (nSPS) is 20.6. The molecular formula is C25H25F3N4O. The summed E-state index contributed by atoms with van der Waals surface area (Å²) in [5, 5.41) is 0. The van der Waals surface area contributed by atoms with Gasteiger partial charge in [-0.05, 0) is 48.9 Å². The number of likely N-dealkylation sites (tertiary alicyclic amines) is 1. The Hall–Kier alpha value is -3.13. The van der Waals surface area contributed by atoms with E-state index in [1.54, 1.807) is 16.8 Å². The minimum atomic E-state index is -4.44. The largest absolute Gasteiger partial charge is 0.417 e. The fraction of sp³-hybridized carbons (Fsp3) is 0.360. The second kappa shape index (κ2) is 8.02. The van der Waals surface area contributed by atoms with Gasteiger partial charge in [-0.2, -0.15) is 13.2 Å². The molecule has 2 aliphatic rings. The third kappa shape index (κ3) is 3.82. The van der Waals surface area contributed by atoms with Gasteiger partial charge in [0.15, 0.2) is 0 Å². The topological polar surface area (TPSA) is 41.4 Å². The number of nitrogens with zero attached hydrogens (tertiary/aromatic N) is 4. The second-order valence-corrected chi connectivity index (χ2v) is 8.76. The van der Waals surface area contributed by atoms with Crippen LogP contribution in [-0.4, -0.2) is 47.2 Å². The van der Waals surface area contributed by atoms with E-state index >= 15 is 0 Å². The van der Waals surface area contributed by atoms with Gasteiger partial charge >= 0.3 is 6.18 Å². The monoisotopic (exact) mass is 454 g/mol. The van der Waals surface area contributed by atoms with Gasteiger partial charge in [0.1, 0.15) is 0 Å². The van der Waals surface area contributed by atoms with E-state index in [2.05, 4.69) is 40.9 Å². The van der Waals surface area contributed by atoms with Crippen molar-refractivity contribution in [1.29, 1.82) is 0 Å². The van der Waals surface area contributed by atoms with Crippen LogP contribution in [0.4, 0.5) is 18.9 Å². The number of aromatic nitrogens is 2. The number of piperidine rings is 1. The van der Waals surface area contributed by atoms with Crippen molar-refractivity contribution in [3.05, 3.63) is 76.3 Å². The Morgan fingerprint density at radius 2 is 1.94 bits per heavy atom. The average molecular weight is 454 g/mol. The van der Waals surface area contributed by atoms with Crippen molar-refractivity contribution in [1.82, 2.24) is 14.5 Å². The number of rotatable bonds is 3. The van der Waals surface area contributed by atoms with Gasteiger partial charge in [-0.1, -0.05) is 13.0 Å². The first-order chi connectivity index (χ1) is 15.8. The van der Waals surface area contributed by atoms with Crippen LogP contribution in [0.5, 0.6) is 0 Å². The Morgan fingerprint density at radius 1 is 1.12 bits per heavy atom. The molecule has 4 heterocycles. The van der Waals surface area contributed by atoms with Gasteiger partial charge in [-0.15, -0.1) is 0 Å². The molecule has 3 aromatic rings. The van der Waals surface area contributed by atoms with Crippen molar-refractivity contribution < 1.29 is 13.2 Å².